The summed E-state index contributed by atoms with van der Waals surface area (Å²) >= 11 is 0. The van der Waals surface area contributed by atoms with Crippen LogP contribution in [0.4, 0.5) is 0 Å². The molecule has 1 aromatic carbocycles. The quantitative estimate of drug-likeness (QED) is 0.424. The first-order valence-electron chi connectivity index (χ1n) is 15.0. The number of benzene rings is 1. The molecule has 6 heteroatoms. The summed E-state index contributed by atoms with van der Waals surface area (Å²) < 4.78 is 5.17. The van der Waals surface area contributed by atoms with Gasteiger partial charge in [-0.05, 0) is 79.2 Å². The Morgan fingerprint density at radius 2 is 1.74 bits per heavy atom. The van der Waals surface area contributed by atoms with Gasteiger partial charge in [-0.2, -0.15) is 0 Å². The Balaban J connectivity index is 1.19. The number of methoxy groups -OCH3 is 1. The summed E-state index contributed by atoms with van der Waals surface area (Å²) in [6, 6.07) is 8.95. The minimum Gasteiger partial charge on any atom is -0.469 e. The van der Waals surface area contributed by atoms with Crippen molar-refractivity contribution >= 4 is 11.9 Å². The van der Waals surface area contributed by atoms with Gasteiger partial charge in [0.2, 0.25) is 5.91 Å². The zero-order valence-electron chi connectivity index (χ0n) is 23.9. The molecule has 0 aromatic heterocycles. The summed E-state index contributed by atoms with van der Waals surface area (Å²) in [5.41, 5.74) is 2.23. The Labute approximate surface area is 228 Å². The maximum Gasteiger partial charge on any atom is 0.311 e. The van der Waals surface area contributed by atoms with Crippen LogP contribution in [0.15, 0.2) is 24.3 Å². The van der Waals surface area contributed by atoms with Crippen molar-refractivity contribution in [2.75, 3.05) is 20.2 Å². The summed E-state index contributed by atoms with van der Waals surface area (Å²) in [5, 5.41) is 17.8. The van der Waals surface area contributed by atoms with Crippen molar-refractivity contribution in [3.63, 3.8) is 0 Å². The van der Waals surface area contributed by atoms with Gasteiger partial charge in [-0.15, -0.1) is 0 Å². The summed E-state index contributed by atoms with van der Waals surface area (Å²) in [4.78, 5) is 25.9. The minimum atomic E-state index is -0.651. The number of amides is 1. The van der Waals surface area contributed by atoms with E-state index in [4.69, 9.17) is 4.74 Å². The van der Waals surface area contributed by atoms with Crippen LogP contribution in [0.5, 0.6) is 0 Å². The molecule has 6 rings (SSSR count). The lowest BCUT2D eigenvalue weighted by molar-refractivity contribution is -0.177. The molecule has 1 aromatic rings. The van der Waals surface area contributed by atoms with Crippen molar-refractivity contribution in [2.24, 2.45) is 29.1 Å². The second-order valence-electron chi connectivity index (χ2n) is 14.0. The molecule has 38 heavy (non-hydrogen) atoms. The standard InChI is InChI=1S/C32H48N2O4/c1-30(2,3)24-9-8-10-25(15-24)32(11-6-5-7-12-32)34-20-26(35)19-33-28(36)27-22-13-21-14-23(27)18-31(16-21,17-22)29(37)38-4/h8-10,15,21-23,26-27,34-35H,5-7,11-14,16-20H2,1-4H3,(H,33,36)/t21?,22?,23?,26-,27?,31?/m0/s1. The monoisotopic (exact) mass is 524 g/mol. The van der Waals surface area contributed by atoms with Gasteiger partial charge in [0.1, 0.15) is 0 Å². The highest BCUT2D eigenvalue weighted by Gasteiger charge is 2.60. The smallest absolute Gasteiger partial charge is 0.311 e. The molecule has 3 N–H and O–H groups in total. The van der Waals surface area contributed by atoms with Gasteiger partial charge in [-0.25, -0.2) is 0 Å². The predicted molar refractivity (Wildman–Crippen MR) is 148 cm³/mol. The third-order valence-corrected chi connectivity index (χ3v) is 10.4. The number of carbonyl (C=O) groups excluding carboxylic acids is 2. The molecular weight excluding hydrogens is 476 g/mol. The van der Waals surface area contributed by atoms with Crippen molar-refractivity contribution in [3.05, 3.63) is 35.4 Å². The van der Waals surface area contributed by atoms with E-state index in [1.165, 1.54) is 37.5 Å². The van der Waals surface area contributed by atoms with Gasteiger partial charge in [0.15, 0.2) is 0 Å². The van der Waals surface area contributed by atoms with E-state index in [-0.39, 0.29) is 52.5 Å². The lowest BCUT2D eigenvalue weighted by Crippen LogP contribution is -2.58. The summed E-state index contributed by atoms with van der Waals surface area (Å²) in [5.74, 6) is 0.959. The van der Waals surface area contributed by atoms with Gasteiger partial charge in [-0.3, -0.25) is 9.59 Å². The largest absolute Gasteiger partial charge is 0.469 e. The first-order chi connectivity index (χ1) is 18.1. The van der Waals surface area contributed by atoms with Crippen LogP contribution in [0.2, 0.25) is 0 Å². The molecule has 6 nitrogen and oxygen atoms in total. The molecule has 0 heterocycles. The molecule has 0 radical (unpaired) electrons. The van der Waals surface area contributed by atoms with Crippen molar-refractivity contribution in [3.8, 4) is 0 Å². The fraction of sp³-hybridized carbons (Fsp3) is 0.750. The van der Waals surface area contributed by atoms with E-state index in [1.54, 1.807) is 0 Å². The van der Waals surface area contributed by atoms with E-state index in [1.807, 2.05) is 0 Å². The fourth-order valence-electron chi connectivity index (χ4n) is 8.65. The molecule has 5 fully saturated rings. The van der Waals surface area contributed by atoms with Crippen LogP contribution < -0.4 is 10.6 Å². The van der Waals surface area contributed by atoms with Crippen LogP contribution in [0.1, 0.15) is 96.1 Å². The fourth-order valence-corrected chi connectivity index (χ4v) is 8.65. The maximum atomic E-state index is 13.3. The lowest BCUT2D eigenvalue weighted by atomic mass is 9.46. The van der Waals surface area contributed by atoms with Crippen LogP contribution in [0.3, 0.4) is 0 Å². The van der Waals surface area contributed by atoms with E-state index in [0.717, 1.165) is 44.9 Å². The normalized spacial score (nSPS) is 32.6. The lowest BCUT2D eigenvalue weighted by Gasteiger charge is -2.58. The number of rotatable bonds is 8. The Kier molecular flexibility index (Phi) is 7.69. The molecule has 2 unspecified atom stereocenters. The number of aliphatic hydroxyl groups excluding tert-OH is 1. The summed E-state index contributed by atoms with van der Waals surface area (Å²) in [7, 11) is 1.49. The number of esters is 1. The highest BCUT2D eigenvalue weighted by Crippen LogP contribution is 2.62. The number of nitrogens with one attached hydrogen (secondary N) is 2. The van der Waals surface area contributed by atoms with Crippen molar-refractivity contribution in [1.29, 1.82) is 0 Å². The SMILES string of the molecule is COC(=O)C12CC3CC(C1)C(C(=O)NC[C@H](O)CNC1(c4cccc(C(C)(C)C)c4)CCCCC1)C(C3)C2. The molecule has 1 amide bonds. The van der Waals surface area contributed by atoms with Crippen LogP contribution in [0, 0.1) is 29.1 Å². The van der Waals surface area contributed by atoms with Crippen molar-refractivity contribution in [1.82, 2.24) is 10.6 Å². The number of hydrogen-bond donors (Lipinski definition) is 3. The molecule has 5 saturated carbocycles. The first kappa shape index (κ1) is 27.6. The van der Waals surface area contributed by atoms with E-state index in [0.29, 0.717) is 12.5 Å². The second kappa shape index (κ2) is 10.6. The van der Waals surface area contributed by atoms with Crippen LogP contribution in [0.25, 0.3) is 0 Å². The minimum absolute atomic E-state index is 0.0469. The van der Waals surface area contributed by atoms with E-state index >= 15 is 0 Å². The third kappa shape index (κ3) is 5.28. The summed E-state index contributed by atoms with van der Waals surface area (Å²) in [6.45, 7) is 7.45. The molecule has 0 spiro atoms. The highest BCUT2D eigenvalue weighted by molar-refractivity contribution is 5.82. The molecule has 5 aliphatic carbocycles. The van der Waals surface area contributed by atoms with E-state index < -0.39 is 6.10 Å². The molecule has 5 aliphatic rings. The second-order valence-corrected chi connectivity index (χ2v) is 14.0. The molecule has 210 valence electrons. The molecular formula is C32H48N2O4. The molecule has 0 aliphatic heterocycles. The van der Waals surface area contributed by atoms with Crippen molar-refractivity contribution in [2.45, 2.75) is 102 Å². The topological polar surface area (TPSA) is 87.7 Å². The summed E-state index contributed by atoms with van der Waals surface area (Å²) in [6.07, 6.45) is 9.62. The van der Waals surface area contributed by atoms with Gasteiger partial charge in [0.05, 0.1) is 18.6 Å². The average molecular weight is 525 g/mol. The average Bonchev–Trinajstić information content (AvgIpc) is 2.89. The Morgan fingerprint density at radius 1 is 1.05 bits per heavy atom. The zero-order chi connectivity index (χ0) is 27.1. The Morgan fingerprint density at radius 3 is 2.37 bits per heavy atom. The number of aliphatic hydroxyl groups is 1. The zero-order valence-corrected chi connectivity index (χ0v) is 23.9. The molecule has 4 bridgehead atoms. The third-order valence-electron chi connectivity index (χ3n) is 10.4. The Bertz CT molecular complexity index is 1010. The van der Waals surface area contributed by atoms with E-state index in [9.17, 15) is 14.7 Å². The van der Waals surface area contributed by atoms with E-state index in [2.05, 4.69) is 55.7 Å². The Hall–Kier alpha value is -1.92. The number of carbonyl (C=O) groups is 2. The van der Waals surface area contributed by atoms with Gasteiger partial charge in [0, 0.05) is 24.5 Å². The van der Waals surface area contributed by atoms with Gasteiger partial charge >= 0.3 is 5.97 Å². The predicted octanol–water partition coefficient (Wildman–Crippen LogP) is 4.83. The number of hydrogen-bond acceptors (Lipinski definition) is 5. The van der Waals surface area contributed by atoms with Crippen LogP contribution in [-0.2, 0) is 25.3 Å². The van der Waals surface area contributed by atoms with Crippen LogP contribution in [-0.4, -0.2) is 43.3 Å². The van der Waals surface area contributed by atoms with Gasteiger partial charge in [-0.1, -0.05) is 64.3 Å². The number of ether oxygens (including phenoxy) is 1. The maximum absolute atomic E-state index is 13.3. The molecule has 3 atom stereocenters. The molecule has 0 saturated heterocycles. The van der Waals surface area contributed by atoms with Gasteiger partial charge < -0.3 is 20.5 Å². The van der Waals surface area contributed by atoms with Crippen LogP contribution >= 0.6 is 0 Å². The van der Waals surface area contributed by atoms with Crippen molar-refractivity contribution < 1.29 is 19.4 Å². The highest BCUT2D eigenvalue weighted by atomic mass is 16.5. The first-order valence-corrected chi connectivity index (χ1v) is 15.0. The van der Waals surface area contributed by atoms with Gasteiger partial charge in [0.25, 0.3) is 0 Å².